The van der Waals surface area contributed by atoms with Crippen molar-refractivity contribution in [2.75, 3.05) is 12.8 Å². The summed E-state index contributed by atoms with van der Waals surface area (Å²) < 4.78 is 6.52. The zero-order chi connectivity index (χ0) is 18.0. The molecule has 0 saturated carbocycles. The molecular formula is C17H18N4O3S. The van der Waals surface area contributed by atoms with E-state index in [9.17, 15) is 9.59 Å². The second-order valence-corrected chi connectivity index (χ2v) is 6.60. The molecule has 2 aromatic rings. The number of nitrogen functional groups attached to an aromatic ring is 1. The van der Waals surface area contributed by atoms with Gasteiger partial charge in [-0.05, 0) is 30.2 Å². The summed E-state index contributed by atoms with van der Waals surface area (Å²) in [5.41, 5.74) is 6.60. The number of hydrogen-bond donors (Lipinski definition) is 1. The number of aryl methyl sites for hydroxylation is 1. The molecule has 1 aliphatic carbocycles. The van der Waals surface area contributed by atoms with Crippen LogP contribution in [0.4, 0.5) is 5.82 Å². The van der Waals surface area contributed by atoms with E-state index < -0.39 is 5.56 Å². The molecule has 2 aromatic heterocycles. The molecule has 0 atom stereocenters. The van der Waals surface area contributed by atoms with Gasteiger partial charge < -0.3 is 10.5 Å². The number of ketones is 1. The highest BCUT2D eigenvalue weighted by atomic mass is 32.1. The van der Waals surface area contributed by atoms with Crippen LogP contribution < -0.4 is 11.3 Å². The third-order valence-corrected chi connectivity index (χ3v) is 4.74. The largest absolute Gasteiger partial charge is 0.493 e. The molecule has 7 nitrogen and oxygen atoms in total. The summed E-state index contributed by atoms with van der Waals surface area (Å²) in [6.07, 6.45) is 9.05. The van der Waals surface area contributed by atoms with Crippen LogP contribution in [0.15, 0.2) is 34.4 Å². The van der Waals surface area contributed by atoms with Gasteiger partial charge in [0, 0.05) is 6.42 Å². The van der Waals surface area contributed by atoms with Crippen LogP contribution in [0.2, 0.25) is 0 Å². The Morgan fingerprint density at radius 2 is 2.16 bits per heavy atom. The van der Waals surface area contributed by atoms with Crippen LogP contribution >= 0.6 is 11.3 Å². The van der Waals surface area contributed by atoms with Crippen molar-refractivity contribution in [3.05, 3.63) is 50.5 Å². The maximum absolute atomic E-state index is 12.4. The minimum atomic E-state index is -0.423. The first kappa shape index (κ1) is 17.1. The first-order valence-electron chi connectivity index (χ1n) is 7.91. The molecule has 25 heavy (non-hydrogen) atoms. The normalized spacial score (nSPS) is 15.8. The average Bonchev–Trinajstić information content (AvgIpc) is 3.01. The molecule has 3 rings (SSSR count). The Kier molecular flexibility index (Phi) is 4.80. The first-order valence-corrected chi connectivity index (χ1v) is 8.73. The number of unbranched alkanes of at least 4 members (excludes halogenated alkanes) is 1. The maximum atomic E-state index is 12.4. The van der Waals surface area contributed by atoms with Gasteiger partial charge in [-0.3, -0.25) is 9.59 Å². The second-order valence-electron chi connectivity index (χ2n) is 5.56. The van der Waals surface area contributed by atoms with E-state index in [1.54, 1.807) is 18.2 Å². The van der Waals surface area contributed by atoms with Crippen LogP contribution in [0.1, 0.15) is 30.3 Å². The van der Waals surface area contributed by atoms with Gasteiger partial charge in [0.05, 0.1) is 12.7 Å². The zero-order valence-electron chi connectivity index (χ0n) is 14.0. The predicted molar refractivity (Wildman–Crippen MR) is 97.4 cm³/mol. The Morgan fingerprint density at radius 1 is 1.36 bits per heavy atom. The number of rotatable bonds is 5. The summed E-state index contributed by atoms with van der Waals surface area (Å²) in [6.45, 7) is 2.11. The fourth-order valence-electron chi connectivity index (χ4n) is 2.43. The molecule has 0 unspecified atom stereocenters. The summed E-state index contributed by atoms with van der Waals surface area (Å²) in [5, 5.41) is 5.35. The van der Waals surface area contributed by atoms with E-state index in [2.05, 4.69) is 17.0 Å². The summed E-state index contributed by atoms with van der Waals surface area (Å²) in [7, 11) is 1.42. The molecule has 2 N–H and O–H groups in total. The molecule has 1 aliphatic rings. The third kappa shape index (κ3) is 3.39. The van der Waals surface area contributed by atoms with Gasteiger partial charge in [0.2, 0.25) is 10.7 Å². The van der Waals surface area contributed by atoms with Crippen molar-refractivity contribution in [3.63, 3.8) is 0 Å². The van der Waals surface area contributed by atoms with Gasteiger partial charge in [0.1, 0.15) is 10.8 Å². The number of carbonyl (C=O) groups excluding carboxylic acids is 1. The molecule has 0 spiro atoms. The Balaban J connectivity index is 2.06. The summed E-state index contributed by atoms with van der Waals surface area (Å²) >= 11 is 1.37. The van der Waals surface area contributed by atoms with E-state index in [4.69, 9.17) is 10.5 Å². The quantitative estimate of drug-likeness (QED) is 0.879. The number of ether oxygens (including phenoxy) is 1. The lowest BCUT2D eigenvalue weighted by atomic mass is 10.0. The summed E-state index contributed by atoms with van der Waals surface area (Å²) in [4.78, 5) is 28.5. The van der Waals surface area contributed by atoms with Gasteiger partial charge in [-0.2, -0.15) is 14.6 Å². The Morgan fingerprint density at radius 3 is 2.88 bits per heavy atom. The molecule has 0 aliphatic heterocycles. The lowest BCUT2D eigenvalue weighted by Gasteiger charge is -2.08. The van der Waals surface area contributed by atoms with E-state index >= 15 is 0 Å². The number of nitrogens with zero attached hydrogens (tertiary/aromatic N) is 3. The number of allylic oxidation sites excluding steroid dienone is 4. The molecular weight excluding hydrogens is 340 g/mol. The highest BCUT2D eigenvalue weighted by molar-refractivity contribution is 7.16. The van der Waals surface area contributed by atoms with Crippen molar-refractivity contribution < 1.29 is 9.53 Å². The van der Waals surface area contributed by atoms with Crippen LogP contribution in [-0.2, 0) is 16.0 Å². The van der Waals surface area contributed by atoms with Gasteiger partial charge in [-0.15, -0.1) is 0 Å². The van der Waals surface area contributed by atoms with Crippen LogP contribution in [-0.4, -0.2) is 27.5 Å². The van der Waals surface area contributed by atoms with Crippen molar-refractivity contribution >= 4 is 34.0 Å². The van der Waals surface area contributed by atoms with Crippen molar-refractivity contribution in [2.45, 2.75) is 26.2 Å². The highest BCUT2D eigenvalue weighted by Gasteiger charge is 2.15. The molecule has 8 heteroatoms. The number of methoxy groups -OCH3 is 1. The molecule has 2 heterocycles. The van der Waals surface area contributed by atoms with E-state index in [0.29, 0.717) is 10.5 Å². The molecule has 0 radical (unpaired) electrons. The predicted octanol–water partition coefficient (Wildman–Crippen LogP) is 2.13. The van der Waals surface area contributed by atoms with Gasteiger partial charge in [-0.1, -0.05) is 30.8 Å². The van der Waals surface area contributed by atoms with Crippen molar-refractivity contribution in [1.82, 2.24) is 14.6 Å². The summed E-state index contributed by atoms with van der Waals surface area (Å²) in [6, 6.07) is 0. The monoisotopic (exact) mass is 358 g/mol. The Bertz CT molecular complexity index is 982. The standard InChI is InChI=1S/C17H18N4O3S/c1-3-4-5-14-20-21-15(18)11(16(23)19-17(21)25-14)8-10-6-7-12(22)13(9-10)24-2/h6-9H,3-5,18H2,1-2H3/b10-8-. The number of carbonyl (C=O) groups is 1. The minimum Gasteiger partial charge on any atom is -0.493 e. The molecule has 0 amide bonds. The topological polar surface area (TPSA) is 99.6 Å². The smallest absolute Gasteiger partial charge is 0.283 e. The van der Waals surface area contributed by atoms with Gasteiger partial charge in [-0.25, -0.2) is 0 Å². The minimum absolute atomic E-state index is 0.206. The van der Waals surface area contributed by atoms with Crippen molar-refractivity contribution in [3.8, 4) is 0 Å². The lowest BCUT2D eigenvalue weighted by molar-refractivity contribution is -0.114. The average molecular weight is 358 g/mol. The van der Waals surface area contributed by atoms with Crippen molar-refractivity contribution in [1.29, 1.82) is 0 Å². The molecule has 130 valence electrons. The van der Waals surface area contributed by atoms with Crippen LogP contribution in [0.5, 0.6) is 0 Å². The molecule has 0 saturated heterocycles. The molecule has 0 bridgehead atoms. The summed E-state index contributed by atoms with van der Waals surface area (Å²) in [5.74, 6) is 0.217. The highest BCUT2D eigenvalue weighted by Crippen LogP contribution is 2.21. The van der Waals surface area contributed by atoms with Gasteiger partial charge >= 0.3 is 0 Å². The van der Waals surface area contributed by atoms with Gasteiger partial charge in [0.25, 0.3) is 5.56 Å². The third-order valence-electron chi connectivity index (χ3n) is 3.78. The van der Waals surface area contributed by atoms with Crippen molar-refractivity contribution in [2.24, 2.45) is 0 Å². The van der Waals surface area contributed by atoms with E-state index in [1.165, 1.54) is 29.0 Å². The second kappa shape index (κ2) is 7.02. The molecule has 0 fully saturated rings. The maximum Gasteiger partial charge on any atom is 0.283 e. The number of anilines is 1. The SMILES string of the molecule is CCCCc1nn2c(N)c(/C=C3/C=CC(=O)C(OC)=C3)c(=O)nc2s1. The van der Waals surface area contributed by atoms with E-state index in [0.717, 1.165) is 24.3 Å². The zero-order valence-corrected chi connectivity index (χ0v) is 14.8. The lowest BCUT2D eigenvalue weighted by Crippen LogP contribution is -2.17. The van der Waals surface area contributed by atoms with Crippen LogP contribution in [0.3, 0.4) is 0 Å². The Hall–Kier alpha value is -2.74. The Labute approximate surface area is 148 Å². The number of fused-ring (bicyclic) bond motifs is 1. The van der Waals surface area contributed by atoms with Crippen LogP contribution in [0.25, 0.3) is 11.0 Å². The van der Waals surface area contributed by atoms with Gasteiger partial charge in [0.15, 0.2) is 5.76 Å². The van der Waals surface area contributed by atoms with E-state index in [1.807, 2.05) is 0 Å². The fourth-order valence-corrected chi connectivity index (χ4v) is 3.36. The number of hydrogen-bond acceptors (Lipinski definition) is 7. The fraction of sp³-hybridized carbons (Fsp3) is 0.294. The molecule has 0 aromatic carbocycles. The van der Waals surface area contributed by atoms with Crippen LogP contribution in [0, 0.1) is 0 Å². The van der Waals surface area contributed by atoms with E-state index in [-0.39, 0.29) is 22.9 Å². The number of aromatic nitrogens is 3. The number of nitrogens with two attached hydrogens (primary N) is 1. The first-order chi connectivity index (χ1) is 12.0.